The number of carbonyl (C=O) groups is 1. The monoisotopic (exact) mass is 436 g/mol. The largest absolute Gasteiger partial charge is 0.444 e. The van der Waals surface area contributed by atoms with Crippen LogP contribution in [0.4, 0.5) is 10.5 Å². The topological polar surface area (TPSA) is 79.0 Å². The van der Waals surface area contributed by atoms with Crippen LogP contribution >= 0.6 is 11.6 Å². The van der Waals surface area contributed by atoms with E-state index < -0.39 is 11.7 Å². The standard InChI is InChI=1S/C24H25ClN4O2/c1-24(2,3)31-23(30)28-12-11-26-17-6-4-5-15(13-17)18-9-10-27-22-21(18)19-14-16(25)7-8-20(19)29-22/h4-10,13-14,26H,11-12H2,1-3H3,(H,27,29)(H,28,30). The Bertz CT molecular complexity index is 1240. The lowest BCUT2D eigenvalue weighted by Gasteiger charge is -2.19. The summed E-state index contributed by atoms with van der Waals surface area (Å²) in [5.41, 5.74) is 4.43. The lowest BCUT2D eigenvalue weighted by molar-refractivity contribution is 0.0530. The Kier molecular flexibility index (Phi) is 5.74. The van der Waals surface area contributed by atoms with Crippen molar-refractivity contribution in [3.63, 3.8) is 0 Å². The molecule has 0 unspecified atom stereocenters. The van der Waals surface area contributed by atoms with Crippen molar-refractivity contribution < 1.29 is 9.53 Å². The summed E-state index contributed by atoms with van der Waals surface area (Å²) in [6.07, 6.45) is 1.39. The second kappa shape index (κ2) is 8.47. The SMILES string of the molecule is CC(C)(C)OC(=O)NCCNc1cccc(-c2ccnc3[nH]c4ccc(Cl)cc4c23)c1. The number of carbonyl (C=O) groups excluding carboxylic acids is 1. The van der Waals surface area contributed by atoms with Gasteiger partial charge in [0.15, 0.2) is 0 Å². The van der Waals surface area contributed by atoms with Crippen molar-refractivity contribution in [2.45, 2.75) is 26.4 Å². The second-order valence-electron chi connectivity index (χ2n) is 8.33. The third-order valence-corrected chi connectivity index (χ3v) is 4.99. The molecule has 2 heterocycles. The minimum atomic E-state index is -0.506. The number of amides is 1. The number of fused-ring (bicyclic) bond motifs is 3. The highest BCUT2D eigenvalue weighted by Gasteiger charge is 2.15. The van der Waals surface area contributed by atoms with Crippen LogP contribution < -0.4 is 10.6 Å². The fraction of sp³-hybridized carbons (Fsp3) is 0.250. The van der Waals surface area contributed by atoms with Gasteiger partial charge < -0.3 is 20.4 Å². The van der Waals surface area contributed by atoms with Crippen LogP contribution in [0, 0.1) is 0 Å². The van der Waals surface area contributed by atoms with E-state index in [4.69, 9.17) is 16.3 Å². The molecule has 2 aromatic heterocycles. The number of H-pyrrole nitrogens is 1. The highest BCUT2D eigenvalue weighted by atomic mass is 35.5. The van der Waals surface area contributed by atoms with E-state index in [0.717, 1.165) is 38.8 Å². The third-order valence-electron chi connectivity index (χ3n) is 4.75. The first-order chi connectivity index (χ1) is 14.8. The fourth-order valence-corrected chi connectivity index (χ4v) is 3.68. The molecule has 7 heteroatoms. The van der Waals surface area contributed by atoms with Crippen LogP contribution in [0.2, 0.25) is 5.02 Å². The molecule has 4 rings (SSSR count). The van der Waals surface area contributed by atoms with Crippen molar-refractivity contribution in [3.05, 3.63) is 59.8 Å². The van der Waals surface area contributed by atoms with Gasteiger partial charge in [-0.25, -0.2) is 9.78 Å². The summed E-state index contributed by atoms with van der Waals surface area (Å²) < 4.78 is 5.25. The molecule has 6 nitrogen and oxygen atoms in total. The molecule has 0 saturated heterocycles. The number of aromatic nitrogens is 2. The fourth-order valence-electron chi connectivity index (χ4n) is 3.51. The average molecular weight is 437 g/mol. The number of hydrogen-bond acceptors (Lipinski definition) is 4. The number of ether oxygens (including phenoxy) is 1. The van der Waals surface area contributed by atoms with Crippen molar-refractivity contribution in [1.29, 1.82) is 0 Å². The second-order valence-corrected chi connectivity index (χ2v) is 8.77. The molecule has 0 aliphatic rings. The van der Waals surface area contributed by atoms with Gasteiger partial charge in [0.05, 0.1) is 0 Å². The molecular formula is C24H25ClN4O2. The summed E-state index contributed by atoms with van der Waals surface area (Å²) in [7, 11) is 0. The lowest BCUT2D eigenvalue weighted by atomic mass is 10.0. The maximum absolute atomic E-state index is 11.8. The van der Waals surface area contributed by atoms with Gasteiger partial charge in [0, 0.05) is 46.3 Å². The third kappa shape index (κ3) is 4.91. The number of anilines is 1. The Labute approximate surface area is 186 Å². The quantitative estimate of drug-likeness (QED) is 0.336. The Hall–Kier alpha value is -3.25. The molecule has 3 N–H and O–H groups in total. The predicted octanol–water partition coefficient (Wildman–Crippen LogP) is 5.97. The number of hydrogen-bond donors (Lipinski definition) is 3. The first-order valence-electron chi connectivity index (χ1n) is 10.2. The van der Waals surface area contributed by atoms with Crippen molar-refractivity contribution >= 4 is 45.3 Å². The Morgan fingerprint density at radius 1 is 1.13 bits per heavy atom. The van der Waals surface area contributed by atoms with E-state index in [1.165, 1.54) is 0 Å². The number of nitrogens with zero attached hydrogens (tertiary/aromatic N) is 1. The minimum absolute atomic E-state index is 0.416. The Balaban J connectivity index is 1.52. The van der Waals surface area contributed by atoms with E-state index in [9.17, 15) is 4.79 Å². The molecule has 0 aliphatic carbocycles. The maximum atomic E-state index is 11.8. The number of pyridine rings is 1. The zero-order valence-corrected chi connectivity index (χ0v) is 18.5. The summed E-state index contributed by atoms with van der Waals surface area (Å²) in [5, 5.41) is 8.88. The lowest BCUT2D eigenvalue weighted by Crippen LogP contribution is -2.34. The number of aromatic amines is 1. The molecule has 2 aromatic carbocycles. The zero-order valence-electron chi connectivity index (χ0n) is 17.8. The molecule has 0 saturated carbocycles. The highest BCUT2D eigenvalue weighted by Crippen LogP contribution is 2.35. The normalized spacial score (nSPS) is 11.6. The van der Waals surface area contributed by atoms with Crippen LogP contribution in [-0.4, -0.2) is 34.8 Å². The molecule has 31 heavy (non-hydrogen) atoms. The first-order valence-corrected chi connectivity index (χ1v) is 10.5. The van der Waals surface area contributed by atoms with E-state index in [2.05, 4.69) is 32.7 Å². The molecule has 0 spiro atoms. The molecule has 0 radical (unpaired) electrons. The van der Waals surface area contributed by atoms with Crippen molar-refractivity contribution in [3.8, 4) is 11.1 Å². The van der Waals surface area contributed by atoms with Crippen LogP contribution in [0.3, 0.4) is 0 Å². The number of halogens is 1. The predicted molar refractivity (Wildman–Crippen MR) is 127 cm³/mol. The number of rotatable bonds is 5. The van der Waals surface area contributed by atoms with Crippen LogP contribution in [0.1, 0.15) is 20.8 Å². The van der Waals surface area contributed by atoms with Gasteiger partial charge in [0.25, 0.3) is 0 Å². The molecule has 0 atom stereocenters. The first kappa shape index (κ1) is 21.0. The summed E-state index contributed by atoms with van der Waals surface area (Å²) in [6.45, 7) is 6.56. The van der Waals surface area contributed by atoms with Crippen LogP contribution in [0.15, 0.2) is 54.7 Å². The molecule has 160 valence electrons. The van der Waals surface area contributed by atoms with Crippen molar-refractivity contribution in [1.82, 2.24) is 15.3 Å². The van der Waals surface area contributed by atoms with Gasteiger partial charge in [-0.3, -0.25) is 0 Å². The summed E-state index contributed by atoms with van der Waals surface area (Å²) in [5.74, 6) is 0. The highest BCUT2D eigenvalue weighted by molar-refractivity contribution is 6.32. The molecule has 0 fully saturated rings. The van der Waals surface area contributed by atoms with E-state index in [1.807, 2.05) is 57.2 Å². The van der Waals surface area contributed by atoms with Crippen LogP contribution in [0.5, 0.6) is 0 Å². The summed E-state index contributed by atoms with van der Waals surface area (Å²) >= 11 is 6.24. The van der Waals surface area contributed by atoms with Crippen LogP contribution in [-0.2, 0) is 4.74 Å². The van der Waals surface area contributed by atoms with E-state index >= 15 is 0 Å². The van der Waals surface area contributed by atoms with Gasteiger partial charge >= 0.3 is 6.09 Å². The van der Waals surface area contributed by atoms with E-state index in [0.29, 0.717) is 18.1 Å². The molecule has 0 aliphatic heterocycles. The van der Waals surface area contributed by atoms with Crippen molar-refractivity contribution in [2.24, 2.45) is 0 Å². The number of benzene rings is 2. The number of alkyl carbamates (subject to hydrolysis) is 1. The van der Waals surface area contributed by atoms with Gasteiger partial charge in [0.2, 0.25) is 0 Å². The van der Waals surface area contributed by atoms with Crippen LogP contribution in [0.25, 0.3) is 33.1 Å². The zero-order chi connectivity index (χ0) is 22.0. The van der Waals surface area contributed by atoms with Gasteiger partial charge in [-0.15, -0.1) is 0 Å². The molecular weight excluding hydrogens is 412 g/mol. The summed E-state index contributed by atoms with van der Waals surface area (Å²) in [6, 6.07) is 16.0. The summed E-state index contributed by atoms with van der Waals surface area (Å²) in [4.78, 5) is 19.6. The van der Waals surface area contributed by atoms with Gasteiger partial charge in [-0.2, -0.15) is 0 Å². The van der Waals surface area contributed by atoms with Gasteiger partial charge in [0.1, 0.15) is 11.2 Å². The van der Waals surface area contributed by atoms with Gasteiger partial charge in [-0.05, 0) is 68.3 Å². The maximum Gasteiger partial charge on any atom is 0.407 e. The Morgan fingerprint density at radius 2 is 1.97 bits per heavy atom. The average Bonchev–Trinajstić information content (AvgIpc) is 3.08. The number of nitrogens with one attached hydrogen (secondary N) is 3. The van der Waals surface area contributed by atoms with Crippen molar-refractivity contribution in [2.75, 3.05) is 18.4 Å². The molecule has 4 aromatic rings. The van der Waals surface area contributed by atoms with E-state index in [-0.39, 0.29) is 0 Å². The smallest absolute Gasteiger partial charge is 0.407 e. The minimum Gasteiger partial charge on any atom is -0.444 e. The molecule has 1 amide bonds. The molecule has 0 bridgehead atoms. The van der Waals surface area contributed by atoms with E-state index in [1.54, 1.807) is 6.20 Å². The Morgan fingerprint density at radius 3 is 2.77 bits per heavy atom. The van der Waals surface area contributed by atoms with Gasteiger partial charge in [-0.1, -0.05) is 23.7 Å².